The van der Waals surface area contributed by atoms with Crippen molar-refractivity contribution in [1.82, 2.24) is 26.3 Å². The van der Waals surface area contributed by atoms with E-state index in [1.54, 1.807) is 0 Å². The number of hydrogen-bond donors (Lipinski definition) is 9. The number of carbonyl (C=O) groups is 12. The van der Waals surface area contributed by atoms with Crippen LogP contribution in [0.15, 0.2) is 0 Å². The summed E-state index contributed by atoms with van der Waals surface area (Å²) in [5.74, 6) is -12.3. The van der Waals surface area contributed by atoms with Gasteiger partial charge in [-0.05, 0) is 38.5 Å². The van der Waals surface area contributed by atoms with E-state index >= 15 is 0 Å². The van der Waals surface area contributed by atoms with Gasteiger partial charge in [-0.15, -0.1) is 5.06 Å². The summed E-state index contributed by atoms with van der Waals surface area (Å²) >= 11 is 0. The minimum atomic E-state index is -1.62. The number of amides is 6. The highest BCUT2D eigenvalue weighted by atomic mass is 16.7. The van der Waals surface area contributed by atoms with E-state index in [2.05, 4.69) is 26.1 Å². The van der Waals surface area contributed by atoms with Crippen LogP contribution in [0.4, 0.5) is 0 Å². The highest BCUT2D eigenvalue weighted by Crippen LogP contribution is 2.15. The Morgan fingerprint density at radius 2 is 0.806 bits per heavy atom. The van der Waals surface area contributed by atoms with Crippen LogP contribution in [0.5, 0.6) is 0 Å². The summed E-state index contributed by atoms with van der Waals surface area (Å²) in [6, 6.07) is -5.83. The number of carbonyl (C=O) groups excluding carboxylic acids is 7. The lowest BCUT2D eigenvalue weighted by Crippen LogP contribution is -2.44. The van der Waals surface area contributed by atoms with Crippen molar-refractivity contribution >= 4 is 71.3 Å². The molecular weight excluding hydrogens is 826 g/mol. The predicted molar refractivity (Wildman–Crippen MR) is 210 cm³/mol. The molecule has 9 N–H and O–H groups in total. The first-order valence-corrected chi connectivity index (χ1v) is 20.6. The number of imide groups is 1. The number of carboxylic acids is 5. The number of nitrogens with one attached hydrogen (secondary N) is 4. The molecule has 1 rings (SSSR count). The second-order valence-electron chi connectivity index (χ2n) is 14.9. The maximum absolute atomic E-state index is 12.7. The predicted octanol–water partition coefficient (Wildman–Crippen LogP) is 1.15. The van der Waals surface area contributed by atoms with Crippen molar-refractivity contribution in [2.75, 3.05) is 0 Å². The summed E-state index contributed by atoms with van der Waals surface area (Å²) in [6.45, 7) is 0. The van der Waals surface area contributed by atoms with Gasteiger partial charge in [-0.25, -0.2) is 19.2 Å². The molecule has 0 aromatic heterocycles. The van der Waals surface area contributed by atoms with Gasteiger partial charge in [0.05, 0.1) is 12.8 Å². The molecule has 0 aromatic rings. The molecule has 348 valence electrons. The first-order valence-electron chi connectivity index (χ1n) is 20.6. The summed E-state index contributed by atoms with van der Waals surface area (Å²) < 4.78 is 0. The van der Waals surface area contributed by atoms with E-state index in [-0.39, 0.29) is 43.6 Å². The van der Waals surface area contributed by atoms with Crippen LogP contribution in [0.3, 0.4) is 0 Å². The topological polar surface area (TPSA) is 367 Å². The minimum Gasteiger partial charge on any atom is -0.481 e. The average molecular weight is 886 g/mol. The number of hydroxylamine groups is 2. The van der Waals surface area contributed by atoms with Gasteiger partial charge in [-0.3, -0.25) is 38.4 Å². The second-order valence-corrected chi connectivity index (χ2v) is 14.9. The molecule has 0 spiro atoms. The van der Waals surface area contributed by atoms with Crippen LogP contribution >= 0.6 is 0 Å². The Morgan fingerprint density at radius 1 is 0.452 bits per heavy atom. The molecule has 1 heterocycles. The molecule has 1 aliphatic heterocycles. The Bertz CT molecular complexity index is 1590. The third kappa shape index (κ3) is 24.8. The van der Waals surface area contributed by atoms with Crippen molar-refractivity contribution in [2.45, 2.75) is 172 Å². The van der Waals surface area contributed by atoms with Gasteiger partial charge in [0.2, 0.25) is 23.6 Å². The Balaban J connectivity index is 2.49. The number of hydrogen-bond acceptors (Lipinski definition) is 13. The average Bonchev–Trinajstić information content (AvgIpc) is 3.50. The minimum absolute atomic E-state index is 0.0734. The number of nitrogens with zero attached hydrogens (tertiary/aromatic N) is 1. The number of aliphatic carboxylic acids is 5. The maximum Gasteiger partial charge on any atom is 0.333 e. The number of unbranched alkanes of at least 4 members (excludes halogenated alkanes) is 9. The molecule has 4 atom stereocenters. The molecule has 1 fully saturated rings. The molecule has 1 saturated heterocycles. The molecule has 23 nitrogen and oxygen atoms in total. The van der Waals surface area contributed by atoms with E-state index in [1.165, 1.54) is 0 Å². The zero-order valence-electron chi connectivity index (χ0n) is 34.6. The Morgan fingerprint density at radius 3 is 1.21 bits per heavy atom. The van der Waals surface area contributed by atoms with Crippen LogP contribution in [-0.2, 0) is 62.4 Å². The van der Waals surface area contributed by atoms with E-state index < -0.39 is 140 Å². The lowest BCUT2D eigenvalue weighted by atomic mass is 10.0. The molecule has 62 heavy (non-hydrogen) atoms. The summed E-state index contributed by atoms with van der Waals surface area (Å²) in [4.78, 5) is 147. The zero-order chi connectivity index (χ0) is 46.6. The normalized spacial score (nSPS) is 14.2. The van der Waals surface area contributed by atoms with Crippen molar-refractivity contribution in [2.24, 2.45) is 0 Å². The van der Waals surface area contributed by atoms with Gasteiger partial charge in [0.25, 0.3) is 11.8 Å². The summed E-state index contributed by atoms with van der Waals surface area (Å²) in [6.07, 6.45) is 4.31. The molecule has 1 aliphatic rings. The quantitative estimate of drug-likeness (QED) is 0.0318. The molecule has 0 unspecified atom stereocenters. The van der Waals surface area contributed by atoms with Crippen molar-refractivity contribution in [1.29, 1.82) is 0 Å². The summed E-state index contributed by atoms with van der Waals surface area (Å²) in [5.41, 5.74) is 0. The highest BCUT2D eigenvalue weighted by Gasteiger charge is 2.33. The van der Waals surface area contributed by atoms with Crippen molar-refractivity contribution < 1.29 is 87.9 Å². The van der Waals surface area contributed by atoms with Gasteiger partial charge in [0.15, 0.2) is 0 Å². The monoisotopic (exact) mass is 885 g/mol. The van der Waals surface area contributed by atoms with Gasteiger partial charge in [0.1, 0.15) is 18.1 Å². The zero-order valence-corrected chi connectivity index (χ0v) is 34.6. The van der Waals surface area contributed by atoms with Crippen LogP contribution in [0.2, 0.25) is 0 Å². The van der Waals surface area contributed by atoms with E-state index in [9.17, 15) is 78.0 Å². The molecule has 0 aliphatic carbocycles. The smallest absolute Gasteiger partial charge is 0.333 e. The van der Waals surface area contributed by atoms with Crippen LogP contribution in [0, 0.1) is 0 Å². The Kier molecular flexibility index (Phi) is 26.0. The Labute approximate surface area is 357 Å². The highest BCUT2D eigenvalue weighted by molar-refractivity contribution is 6.01. The van der Waals surface area contributed by atoms with E-state index in [0.29, 0.717) is 12.8 Å². The first-order chi connectivity index (χ1) is 29.3. The van der Waals surface area contributed by atoms with Crippen LogP contribution in [0.1, 0.15) is 148 Å². The van der Waals surface area contributed by atoms with Gasteiger partial charge in [0, 0.05) is 51.0 Å². The van der Waals surface area contributed by atoms with Gasteiger partial charge >= 0.3 is 35.8 Å². The Hall–Kier alpha value is -6.16. The van der Waals surface area contributed by atoms with Crippen LogP contribution in [-0.4, -0.2) is 126 Å². The fourth-order valence-electron chi connectivity index (χ4n) is 6.21. The fraction of sp³-hybridized carbons (Fsp3) is 0.692. The maximum atomic E-state index is 12.7. The van der Waals surface area contributed by atoms with Crippen molar-refractivity contribution in [3.63, 3.8) is 0 Å². The molecular formula is C39H59N5O18. The van der Waals surface area contributed by atoms with E-state index in [1.807, 2.05) is 0 Å². The lowest BCUT2D eigenvalue weighted by Gasteiger charge is -2.20. The van der Waals surface area contributed by atoms with Crippen LogP contribution in [0.25, 0.3) is 0 Å². The van der Waals surface area contributed by atoms with Crippen molar-refractivity contribution in [3.8, 4) is 0 Å². The van der Waals surface area contributed by atoms with Gasteiger partial charge < -0.3 is 51.6 Å². The van der Waals surface area contributed by atoms with Gasteiger partial charge in [-0.1, -0.05) is 51.4 Å². The molecule has 0 aromatic carbocycles. The van der Waals surface area contributed by atoms with E-state index in [0.717, 1.165) is 51.4 Å². The summed E-state index contributed by atoms with van der Waals surface area (Å²) in [7, 11) is 0. The van der Waals surface area contributed by atoms with E-state index in [4.69, 9.17) is 5.11 Å². The lowest BCUT2D eigenvalue weighted by molar-refractivity contribution is -0.197. The standard InChI is InChI=1S/C39H59N5O18/c45-28(11-9-7-5-3-1-2-4-6-8-10-12-34(51)52)41-25(37(56)57)15-19-31(48)42-26(38(58)59)14-18-29(46)40-24(23-35(53)54)13-17-30(47)43-27(39(60)61)16-22-36(55)62-44-32(49)20-21-33(44)50/h24-27H,1-23H2,(H,40,46)(H,41,45)(H,42,48)(H,43,47)(H,51,52)(H,53,54)(H,56,57)(H,58,59)(H,60,61)/t24-,25-,26-,27-/m0/s1. The number of rotatable bonds is 35. The molecule has 0 saturated carbocycles. The SMILES string of the molecule is O=C(O)CCCCCCCCCCCCC(=O)N[C@@H](CCC(=O)N[C@@H](CCC(=O)N[C@@H](CCC(=O)N[C@@H](CCC(=O)ON1C(=O)CCC1=O)C(=O)O)CC(=O)O)C(=O)O)C(=O)O. The fourth-order valence-corrected chi connectivity index (χ4v) is 6.21. The molecule has 0 radical (unpaired) electrons. The largest absolute Gasteiger partial charge is 0.481 e. The van der Waals surface area contributed by atoms with Gasteiger partial charge in [-0.2, -0.15) is 0 Å². The summed E-state index contributed by atoms with van der Waals surface area (Å²) in [5, 5.41) is 55.9. The third-order valence-electron chi connectivity index (χ3n) is 9.61. The van der Waals surface area contributed by atoms with Crippen molar-refractivity contribution in [3.05, 3.63) is 0 Å². The molecule has 0 bridgehead atoms. The van der Waals surface area contributed by atoms with Crippen LogP contribution < -0.4 is 21.3 Å². The molecule has 23 heteroatoms. The third-order valence-corrected chi connectivity index (χ3v) is 9.61. The second kappa shape index (κ2) is 30.0. The molecule has 6 amide bonds. The first kappa shape index (κ1) is 53.9. The number of carboxylic acid groups (broad SMARTS) is 5.